The van der Waals surface area contributed by atoms with Gasteiger partial charge in [0.1, 0.15) is 11.2 Å². The van der Waals surface area contributed by atoms with E-state index in [4.69, 9.17) is 4.74 Å². The van der Waals surface area contributed by atoms with Gasteiger partial charge in [0.05, 0.1) is 6.10 Å². The van der Waals surface area contributed by atoms with Crippen LogP contribution in [-0.4, -0.2) is 39.8 Å². The first kappa shape index (κ1) is 18.0. The minimum atomic E-state index is -1.32. The number of aromatic nitrogens is 1. The molecule has 128 valence electrons. The Kier molecular flexibility index (Phi) is 4.92. The molecule has 6 nitrogen and oxygen atoms in total. The number of hydrogen-bond acceptors (Lipinski definition) is 3. The zero-order chi connectivity index (χ0) is 17.4. The Labute approximate surface area is 144 Å². The Morgan fingerprint density at radius 3 is 2.61 bits per heavy atom. The van der Waals surface area contributed by atoms with Crippen molar-refractivity contribution in [3.05, 3.63) is 22.4 Å². The molecule has 2 unspecified atom stereocenters. The molecule has 1 aliphatic carbocycles. The fraction of sp³-hybridized carbons (Fsp3) is 0.625. The summed E-state index contributed by atoms with van der Waals surface area (Å²) < 4.78 is 8.17. The maximum absolute atomic E-state index is 12.6. The highest BCUT2D eigenvalue weighted by molar-refractivity contribution is 9.10. The molecule has 1 fully saturated rings. The number of aliphatic carboxylic acids is 1. The van der Waals surface area contributed by atoms with E-state index in [1.54, 1.807) is 16.8 Å². The van der Waals surface area contributed by atoms with Gasteiger partial charge in [-0.05, 0) is 35.8 Å². The van der Waals surface area contributed by atoms with Crippen LogP contribution in [0.5, 0.6) is 0 Å². The molecular weight excluding hydrogens is 364 g/mol. The maximum Gasteiger partial charge on any atom is 0.330 e. The largest absolute Gasteiger partial charge is 0.479 e. The van der Waals surface area contributed by atoms with Crippen molar-refractivity contribution in [2.45, 2.75) is 52.3 Å². The van der Waals surface area contributed by atoms with Crippen LogP contribution < -0.4 is 5.32 Å². The predicted molar refractivity (Wildman–Crippen MR) is 89.5 cm³/mol. The van der Waals surface area contributed by atoms with Gasteiger partial charge in [-0.3, -0.25) is 4.79 Å². The Bertz CT molecular complexity index is 626. The van der Waals surface area contributed by atoms with Crippen LogP contribution in [0, 0.1) is 5.41 Å². The summed E-state index contributed by atoms with van der Waals surface area (Å²) in [6, 6.07) is 1.69. The molecule has 0 bridgehead atoms. The minimum absolute atomic E-state index is 0.186. The molecule has 1 aromatic rings. The quantitative estimate of drug-likeness (QED) is 0.787. The number of amides is 1. The topological polar surface area (TPSA) is 80.6 Å². The first-order valence-electron chi connectivity index (χ1n) is 7.72. The van der Waals surface area contributed by atoms with E-state index in [-0.39, 0.29) is 18.4 Å². The summed E-state index contributed by atoms with van der Waals surface area (Å²) in [5.74, 6) is -1.41. The highest BCUT2D eigenvalue weighted by Gasteiger charge is 2.66. The van der Waals surface area contributed by atoms with E-state index < -0.39 is 16.9 Å². The van der Waals surface area contributed by atoms with Crippen LogP contribution in [0.15, 0.2) is 16.7 Å². The molecule has 1 aliphatic rings. The molecule has 1 aromatic heterocycles. The van der Waals surface area contributed by atoms with E-state index in [9.17, 15) is 14.7 Å². The van der Waals surface area contributed by atoms with Crippen molar-refractivity contribution < 1.29 is 19.4 Å². The van der Waals surface area contributed by atoms with E-state index in [1.807, 2.05) is 27.7 Å². The molecule has 2 N–H and O–H groups in total. The molecule has 7 heteroatoms. The SMILES string of the molecule is CCOC1CC(NC(=O)c2cc(Br)cn2CC)(C(=O)O)C1(C)C. The summed E-state index contributed by atoms with van der Waals surface area (Å²) in [6.07, 6.45) is 1.88. The fourth-order valence-electron chi connectivity index (χ4n) is 3.22. The molecule has 2 atom stereocenters. The van der Waals surface area contributed by atoms with Gasteiger partial charge in [0.15, 0.2) is 0 Å². The van der Waals surface area contributed by atoms with Crippen molar-refractivity contribution in [1.29, 1.82) is 0 Å². The summed E-state index contributed by atoms with van der Waals surface area (Å²) in [5.41, 5.74) is -1.57. The number of nitrogens with zero attached hydrogens (tertiary/aromatic N) is 1. The molecule has 0 aromatic carbocycles. The molecule has 0 aliphatic heterocycles. The number of aryl methyl sites for hydroxylation is 1. The first-order chi connectivity index (χ1) is 10.7. The highest BCUT2D eigenvalue weighted by atomic mass is 79.9. The molecule has 0 radical (unpaired) electrons. The van der Waals surface area contributed by atoms with E-state index in [0.717, 1.165) is 4.47 Å². The van der Waals surface area contributed by atoms with Crippen molar-refractivity contribution in [2.24, 2.45) is 5.41 Å². The lowest BCUT2D eigenvalue weighted by molar-refractivity contribution is -0.190. The average Bonchev–Trinajstić information content (AvgIpc) is 2.86. The normalized spacial score (nSPS) is 25.7. The van der Waals surface area contributed by atoms with Crippen molar-refractivity contribution >= 4 is 27.8 Å². The van der Waals surface area contributed by atoms with E-state index in [2.05, 4.69) is 21.2 Å². The summed E-state index contributed by atoms with van der Waals surface area (Å²) >= 11 is 3.35. The third kappa shape index (κ3) is 2.80. The number of carbonyl (C=O) groups is 2. The van der Waals surface area contributed by atoms with Crippen LogP contribution in [0.4, 0.5) is 0 Å². The van der Waals surface area contributed by atoms with Gasteiger partial charge in [-0.2, -0.15) is 0 Å². The monoisotopic (exact) mass is 386 g/mol. The average molecular weight is 387 g/mol. The van der Waals surface area contributed by atoms with Gasteiger partial charge in [-0.1, -0.05) is 13.8 Å². The zero-order valence-electron chi connectivity index (χ0n) is 13.9. The second kappa shape index (κ2) is 6.28. The van der Waals surface area contributed by atoms with Crippen LogP contribution in [0.25, 0.3) is 0 Å². The second-order valence-electron chi connectivity index (χ2n) is 6.36. The summed E-state index contributed by atoms with van der Waals surface area (Å²) in [7, 11) is 0. The summed E-state index contributed by atoms with van der Waals surface area (Å²) in [4.78, 5) is 24.6. The number of hydrogen-bond donors (Lipinski definition) is 2. The molecular formula is C16H23BrN2O4. The summed E-state index contributed by atoms with van der Waals surface area (Å²) in [6.45, 7) is 8.58. The number of carbonyl (C=O) groups excluding carboxylic acids is 1. The number of halogens is 1. The van der Waals surface area contributed by atoms with Gasteiger partial charge in [0, 0.05) is 35.7 Å². The van der Waals surface area contributed by atoms with Crippen molar-refractivity contribution in [1.82, 2.24) is 9.88 Å². The van der Waals surface area contributed by atoms with E-state index in [0.29, 0.717) is 18.8 Å². The number of rotatable bonds is 6. The van der Waals surface area contributed by atoms with Crippen molar-refractivity contribution in [3.8, 4) is 0 Å². The Balaban J connectivity index is 2.28. The Morgan fingerprint density at radius 2 is 2.13 bits per heavy atom. The van der Waals surface area contributed by atoms with Gasteiger partial charge >= 0.3 is 5.97 Å². The van der Waals surface area contributed by atoms with Crippen molar-refractivity contribution in [2.75, 3.05) is 6.61 Å². The number of carboxylic acid groups (broad SMARTS) is 1. The molecule has 23 heavy (non-hydrogen) atoms. The Hall–Kier alpha value is -1.34. The van der Waals surface area contributed by atoms with Gasteiger partial charge in [-0.25, -0.2) is 4.79 Å². The van der Waals surface area contributed by atoms with Crippen LogP contribution in [0.1, 0.15) is 44.6 Å². The number of nitrogens with one attached hydrogen (secondary N) is 1. The summed E-state index contributed by atoms with van der Waals surface area (Å²) in [5, 5.41) is 12.5. The lowest BCUT2D eigenvalue weighted by atomic mass is 9.54. The molecule has 1 heterocycles. The van der Waals surface area contributed by atoms with Crippen LogP contribution in [-0.2, 0) is 16.1 Å². The molecule has 2 rings (SSSR count). The fourth-order valence-corrected chi connectivity index (χ4v) is 3.69. The van der Waals surface area contributed by atoms with Crippen molar-refractivity contribution in [3.63, 3.8) is 0 Å². The third-order valence-corrected chi connectivity index (χ3v) is 5.33. The second-order valence-corrected chi connectivity index (χ2v) is 7.28. The van der Waals surface area contributed by atoms with Gasteiger partial charge in [0.25, 0.3) is 5.91 Å². The minimum Gasteiger partial charge on any atom is -0.479 e. The van der Waals surface area contributed by atoms with Gasteiger partial charge in [-0.15, -0.1) is 0 Å². The van der Waals surface area contributed by atoms with E-state index in [1.165, 1.54) is 0 Å². The zero-order valence-corrected chi connectivity index (χ0v) is 15.4. The molecule has 0 spiro atoms. The highest BCUT2D eigenvalue weighted by Crippen LogP contribution is 2.51. The van der Waals surface area contributed by atoms with Crippen LogP contribution in [0.3, 0.4) is 0 Å². The maximum atomic E-state index is 12.6. The lowest BCUT2D eigenvalue weighted by Crippen LogP contribution is -2.76. The first-order valence-corrected chi connectivity index (χ1v) is 8.52. The number of carboxylic acids is 1. The van der Waals surface area contributed by atoms with Crippen LogP contribution >= 0.6 is 15.9 Å². The van der Waals surface area contributed by atoms with Crippen LogP contribution in [0.2, 0.25) is 0 Å². The molecule has 1 amide bonds. The lowest BCUT2D eigenvalue weighted by Gasteiger charge is -2.58. The predicted octanol–water partition coefficient (Wildman–Crippen LogP) is 2.66. The van der Waals surface area contributed by atoms with E-state index >= 15 is 0 Å². The smallest absolute Gasteiger partial charge is 0.330 e. The van der Waals surface area contributed by atoms with Gasteiger partial charge < -0.3 is 19.7 Å². The van der Waals surface area contributed by atoms with Gasteiger partial charge in [0.2, 0.25) is 0 Å². The standard InChI is InChI=1S/C16H23BrN2O4/c1-5-19-9-10(17)7-11(19)13(20)18-16(14(21)22)8-12(23-6-2)15(16,3)4/h7,9,12H,5-6,8H2,1-4H3,(H,18,20)(H,21,22). The third-order valence-electron chi connectivity index (χ3n) is 4.89. The molecule has 0 saturated heterocycles. The molecule has 1 saturated carbocycles. The number of ether oxygens (including phenoxy) is 1. The Morgan fingerprint density at radius 1 is 1.48 bits per heavy atom.